The lowest BCUT2D eigenvalue weighted by molar-refractivity contribution is 0.642. The highest BCUT2D eigenvalue weighted by Crippen LogP contribution is 2.06. The Morgan fingerprint density at radius 3 is 3.06 bits per heavy atom. The molecule has 0 atom stereocenters. The molecule has 82 valence electrons. The van der Waals surface area contributed by atoms with Crippen molar-refractivity contribution < 1.29 is 0 Å². The molecule has 2 heterocycles. The van der Waals surface area contributed by atoms with Crippen LogP contribution in [-0.2, 0) is 0 Å². The summed E-state index contributed by atoms with van der Waals surface area (Å²) in [5.41, 5.74) is 0.168. The monoisotopic (exact) mass is 217 g/mol. The van der Waals surface area contributed by atoms with E-state index in [1.165, 1.54) is 0 Å². The molecule has 16 heavy (non-hydrogen) atoms. The van der Waals surface area contributed by atoms with Crippen LogP contribution in [0.2, 0.25) is 0 Å². The van der Waals surface area contributed by atoms with Gasteiger partial charge in [-0.2, -0.15) is 4.98 Å². The van der Waals surface area contributed by atoms with E-state index in [1.54, 1.807) is 29.6 Å². The van der Waals surface area contributed by atoms with Crippen molar-refractivity contribution in [3.05, 3.63) is 28.7 Å². The number of hydrogen-bond donors (Lipinski definition) is 1. The van der Waals surface area contributed by atoms with Crippen LogP contribution in [0.5, 0.6) is 0 Å². The van der Waals surface area contributed by atoms with Crippen molar-refractivity contribution in [1.29, 1.82) is 0 Å². The molecular weight excluding hydrogens is 206 g/mol. The lowest BCUT2D eigenvalue weighted by Crippen LogP contribution is -2.10. The van der Waals surface area contributed by atoms with Gasteiger partial charge in [0.05, 0.1) is 11.7 Å². The summed E-state index contributed by atoms with van der Waals surface area (Å²) in [4.78, 5) is 28.1. The maximum atomic E-state index is 11.6. The lowest BCUT2D eigenvalue weighted by Gasteiger charge is -2.02. The molecule has 2 aromatic rings. The van der Waals surface area contributed by atoms with Gasteiger partial charge >= 0.3 is 0 Å². The van der Waals surface area contributed by atoms with Gasteiger partial charge in [0.25, 0.3) is 5.56 Å². The summed E-state index contributed by atoms with van der Waals surface area (Å²) < 4.78 is 0. The lowest BCUT2D eigenvalue weighted by atomic mass is 10.3. The van der Waals surface area contributed by atoms with Gasteiger partial charge in [-0.1, -0.05) is 0 Å². The highest BCUT2D eigenvalue weighted by atomic mass is 16.1. The summed E-state index contributed by atoms with van der Waals surface area (Å²) in [6.07, 6.45) is 3.15. The number of hydrogen-bond acceptors (Lipinski definition) is 4. The first-order valence-electron chi connectivity index (χ1n) is 4.72. The molecular formula is C10H11N5O. The van der Waals surface area contributed by atoms with Crippen LogP contribution in [-0.4, -0.2) is 40.3 Å². The number of aliphatic imine (C=N–C) groups is 1. The van der Waals surface area contributed by atoms with Crippen LogP contribution in [0.25, 0.3) is 11.0 Å². The topological polar surface area (TPSA) is 74.2 Å². The number of rotatable bonds is 2. The molecule has 0 aliphatic rings. The van der Waals surface area contributed by atoms with Crippen molar-refractivity contribution in [1.82, 2.24) is 19.9 Å². The summed E-state index contributed by atoms with van der Waals surface area (Å²) in [5.74, 6) is 0.255. The molecule has 6 heteroatoms. The predicted octanol–water partition coefficient (Wildman–Crippen LogP) is 0.539. The molecule has 0 radical (unpaired) electrons. The van der Waals surface area contributed by atoms with Gasteiger partial charge in [-0.25, -0.2) is 9.98 Å². The fourth-order valence-corrected chi connectivity index (χ4v) is 1.19. The molecule has 0 aliphatic heterocycles. The third-order valence-corrected chi connectivity index (χ3v) is 1.88. The van der Waals surface area contributed by atoms with E-state index in [0.29, 0.717) is 11.0 Å². The Morgan fingerprint density at radius 1 is 1.50 bits per heavy atom. The normalized spacial score (nSPS) is 11.1. The van der Waals surface area contributed by atoms with Crippen molar-refractivity contribution in [2.75, 3.05) is 14.1 Å². The van der Waals surface area contributed by atoms with Crippen LogP contribution in [0.4, 0.5) is 5.95 Å². The second kappa shape index (κ2) is 4.09. The second-order valence-corrected chi connectivity index (χ2v) is 3.47. The van der Waals surface area contributed by atoms with Crippen LogP contribution < -0.4 is 5.56 Å². The minimum absolute atomic E-state index is 0.232. The van der Waals surface area contributed by atoms with Gasteiger partial charge in [0, 0.05) is 20.3 Å². The van der Waals surface area contributed by atoms with Gasteiger partial charge in [0.15, 0.2) is 5.65 Å². The van der Waals surface area contributed by atoms with E-state index in [2.05, 4.69) is 19.9 Å². The van der Waals surface area contributed by atoms with E-state index in [4.69, 9.17) is 0 Å². The summed E-state index contributed by atoms with van der Waals surface area (Å²) in [6, 6.07) is 3.37. The Hall–Kier alpha value is -2.24. The molecule has 1 N–H and O–H groups in total. The number of aromatic amines is 1. The second-order valence-electron chi connectivity index (χ2n) is 3.47. The zero-order chi connectivity index (χ0) is 11.5. The Morgan fingerprint density at radius 2 is 2.31 bits per heavy atom. The van der Waals surface area contributed by atoms with Crippen LogP contribution in [0.15, 0.2) is 28.1 Å². The third kappa shape index (κ3) is 2.05. The first-order valence-corrected chi connectivity index (χ1v) is 4.72. The highest BCUT2D eigenvalue weighted by Gasteiger charge is 2.02. The van der Waals surface area contributed by atoms with Crippen molar-refractivity contribution in [2.24, 2.45) is 4.99 Å². The van der Waals surface area contributed by atoms with Crippen LogP contribution in [0.3, 0.4) is 0 Å². The molecule has 2 rings (SSSR count). The first-order chi connectivity index (χ1) is 7.66. The van der Waals surface area contributed by atoms with E-state index in [1.807, 2.05) is 14.1 Å². The number of nitrogens with one attached hydrogen (secondary N) is 1. The van der Waals surface area contributed by atoms with Gasteiger partial charge in [0.2, 0.25) is 5.95 Å². The van der Waals surface area contributed by atoms with Crippen LogP contribution in [0.1, 0.15) is 0 Å². The van der Waals surface area contributed by atoms with Gasteiger partial charge in [0.1, 0.15) is 0 Å². The molecule has 0 aliphatic carbocycles. The summed E-state index contributed by atoms with van der Waals surface area (Å²) in [5, 5.41) is 0.464. The molecule has 0 amide bonds. The molecule has 0 bridgehead atoms. The van der Waals surface area contributed by atoms with Gasteiger partial charge < -0.3 is 4.90 Å². The van der Waals surface area contributed by atoms with Gasteiger partial charge in [-0.05, 0) is 12.1 Å². The third-order valence-electron chi connectivity index (χ3n) is 1.88. The molecule has 6 nitrogen and oxygen atoms in total. The largest absolute Gasteiger partial charge is 0.369 e. The molecule has 0 unspecified atom stereocenters. The number of aromatic nitrogens is 3. The van der Waals surface area contributed by atoms with E-state index in [-0.39, 0.29) is 11.5 Å². The maximum Gasteiger partial charge on any atom is 0.261 e. The summed E-state index contributed by atoms with van der Waals surface area (Å²) >= 11 is 0. The van der Waals surface area contributed by atoms with Crippen molar-refractivity contribution in [2.45, 2.75) is 0 Å². The van der Waals surface area contributed by atoms with Gasteiger partial charge in [-0.15, -0.1) is 0 Å². The molecule has 0 spiro atoms. The van der Waals surface area contributed by atoms with Crippen molar-refractivity contribution in [3.8, 4) is 0 Å². The van der Waals surface area contributed by atoms with Crippen molar-refractivity contribution >= 4 is 23.3 Å². The fraction of sp³-hybridized carbons (Fsp3) is 0.200. The minimum Gasteiger partial charge on any atom is -0.369 e. The maximum absolute atomic E-state index is 11.6. The van der Waals surface area contributed by atoms with E-state index in [9.17, 15) is 4.79 Å². The molecule has 0 saturated heterocycles. The van der Waals surface area contributed by atoms with E-state index in [0.717, 1.165) is 0 Å². The van der Waals surface area contributed by atoms with E-state index < -0.39 is 0 Å². The number of pyridine rings is 1. The average molecular weight is 217 g/mol. The van der Waals surface area contributed by atoms with E-state index >= 15 is 0 Å². The van der Waals surface area contributed by atoms with Crippen LogP contribution in [0, 0.1) is 0 Å². The molecule has 0 saturated carbocycles. The fourth-order valence-electron chi connectivity index (χ4n) is 1.19. The Balaban J connectivity index is 2.54. The average Bonchev–Trinajstić information content (AvgIpc) is 2.26. The minimum atomic E-state index is -0.232. The summed E-state index contributed by atoms with van der Waals surface area (Å²) in [7, 11) is 3.67. The van der Waals surface area contributed by atoms with Gasteiger partial charge in [-0.3, -0.25) is 9.78 Å². The molecule has 0 fully saturated rings. The number of fused-ring (bicyclic) bond motifs is 1. The number of nitrogens with zero attached hydrogens (tertiary/aromatic N) is 4. The first kappa shape index (κ1) is 10.3. The highest BCUT2D eigenvalue weighted by molar-refractivity contribution is 5.74. The summed E-state index contributed by atoms with van der Waals surface area (Å²) in [6.45, 7) is 0. The Bertz CT molecular complexity index is 587. The standard InChI is InChI=1S/C10H11N5O/c1-15(2)6-12-10-13-8-7(9(16)14-10)4-3-5-11-8/h3-6H,1-2H3,(H,11,13,14,16). The predicted molar refractivity (Wildman–Crippen MR) is 62.0 cm³/mol. The zero-order valence-electron chi connectivity index (χ0n) is 9.01. The Kier molecular flexibility index (Phi) is 2.63. The quantitative estimate of drug-likeness (QED) is 0.588. The number of H-pyrrole nitrogens is 1. The molecule has 2 aromatic heterocycles. The zero-order valence-corrected chi connectivity index (χ0v) is 9.01. The van der Waals surface area contributed by atoms with Crippen LogP contribution >= 0.6 is 0 Å². The van der Waals surface area contributed by atoms with Crippen molar-refractivity contribution in [3.63, 3.8) is 0 Å². The SMILES string of the molecule is CN(C)C=Nc1nc2ncccc2c(=O)[nH]1. The Labute approximate surface area is 91.7 Å². The smallest absolute Gasteiger partial charge is 0.261 e. The molecule has 0 aromatic carbocycles.